The van der Waals surface area contributed by atoms with Gasteiger partial charge < -0.3 is 9.47 Å². The van der Waals surface area contributed by atoms with E-state index in [0.29, 0.717) is 17.7 Å². The Bertz CT molecular complexity index is 609. The summed E-state index contributed by atoms with van der Waals surface area (Å²) < 4.78 is 23.9. The minimum absolute atomic E-state index is 0.106. The fourth-order valence-electron chi connectivity index (χ4n) is 2.44. The minimum atomic E-state index is -0.761. The van der Waals surface area contributed by atoms with Crippen molar-refractivity contribution in [3.05, 3.63) is 35.1 Å². The molecule has 1 heterocycles. The molecule has 1 atom stereocenters. The summed E-state index contributed by atoms with van der Waals surface area (Å²) in [5.41, 5.74) is 0.273. The monoisotopic (exact) mass is 323 g/mol. The van der Waals surface area contributed by atoms with Crippen molar-refractivity contribution in [3.8, 4) is 0 Å². The highest BCUT2D eigenvalue weighted by Crippen LogP contribution is 2.20. The summed E-state index contributed by atoms with van der Waals surface area (Å²) in [5, 5.41) is 0. The van der Waals surface area contributed by atoms with Crippen LogP contribution in [0.25, 0.3) is 0 Å². The number of aryl methyl sites for hydroxylation is 1. The van der Waals surface area contributed by atoms with Crippen LogP contribution >= 0.6 is 0 Å². The lowest BCUT2D eigenvalue weighted by Gasteiger charge is -2.35. The average Bonchev–Trinajstić information content (AvgIpc) is 2.45. The van der Waals surface area contributed by atoms with E-state index in [1.54, 1.807) is 27.7 Å². The predicted molar refractivity (Wildman–Crippen MR) is 83.0 cm³/mol. The highest BCUT2D eigenvalue weighted by molar-refractivity contribution is 6.02. The molecule has 0 radical (unpaired) electrons. The molecule has 1 aliphatic heterocycles. The average molecular weight is 323 g/mol. The van der Waals surface area contributed by atoms with Crippen molar-refractivity contribution in [2.45, 2.75) is 39.3 Å². The van der Waals surface area contributed by atoms with Gasteiger partial charge in [-0.05, 0) is 51.5 Å². The van der Waals surface area contributed by atoms with Crippen molar-refractivity contribution < 1.29 is 23.5 Å². The van der Waals surface area contributed by atoms with Gasteiger partial charge in [-0.25, -0.2) is 9.18 Å². The molecule has 0 bridgehead atoms. The Morgan fingerprint density at radius 1 is 1.35 bits per heavy atom. The summed E-state index contributed by atoms with van der Waals surface area (Å²) >= 11 is 0. The Morgan fingerprint density at radius 3 is 2.65 bits per heavy atom. The molecular formula is C17H22FNO4. The van der Waals surface area contributed by atoms with Gasteiger partial charge >= 0.3 is 6.09 Å². The van der Waals surface area contributed by atoms with Crippen LogP contribution in [0.3, 0.4) is 0 Å². The van der Waals surface area contributed by atoms with Crippen LogP contribution in [0.1, 0.15) is 36.7 Å². The smallest absolute Gasteiger partial charge is 0.411 e. The lowest BCUT2D eigenvalue weighted by Crippen LogP contribution is -2.53. The first-order valence-electron chi connectivity index (χ1n) is 7.57. The van der Waals surface area contributed by atoms with Crippen LogP contribution in [0, 0.1) is 12.7 Å². The molecule has 1 amide bonds. The highest BCUT2D eigenvalue weighted by Gasteiger charge is 2.36. The van der Waals surface area contributed by atoms with Gasteiger partial charge in [0.2, 0.25) is 0 Å². The number of rotatable bonds is 2. The van der Waals surface area contributed by atoms with Crippen LogP contribution < -0.4 is 0 Å². The predicted octanol–water partition coefficient (Wildman–Crippen LogP) is 2.95. The largest absolute Gasteiger partial charge is 0.444 e. The molecule has 1 fully saturated rings. The maximum atomic E-state index is 13.2. The summed E-state index contributed by atoms with van der Waals surface area (Å²) in [6.07, 6.45) is -0.543. The second-order valence-electron chi connectivity index (χ2n) is 6.59. The molecule has 0 spiro atoms. The Kier molecular flexibility index (Phi) is 5.04. The number of halogens is 1. The number of hydrogen-bond acceptors (Lipinski definition) is 4. The number of carbonyl (C=O) groups is 2. The molecule has 23 heavy (non-hydrogen) atoms. The van der Waals surface area contributed by atoms with Crippen molar-refractivity contribution in [1.82, 2.24) is 4.90 Å². The Balaban J connectivity index is 2.23. The van der Waals surface area contributed by atoms with E-state index < -0.39 is 23.6 Å². The number of nitrogens with zero attached hydrogens (tertiary/aromatic N) is 1. The fourth-order valence-corrected chi connectivity index (χ4v) is 2.44. The third-order valence-electron chi connectivity index (χ3n) is 3.51. The van der Waals surface area contributed by atoms with Gasteiger partial charge in [-0.15, -0.1) is 0 Å². The maximum absolute atomic E-state index is 13.2. The number of ketones is 1. The van der Waals surface area contributed by atoms with Crippen molar-refractivity contribution >= 4 is 11.9 Å². The lowest BCUT2D eigenvalue weighted by molar-refractivity contribution is -0.0265. The third kappa shape index (κ3) is 4.28. The van der Waals surface area contributed by atoms with Crippen LogP contribution in [0.4, 0.5) is 9.18 Å². The van der Waals surface area contributed by atoms with Crippen molar-refractivity contribution in [2.75, 3.05) is 19.8 Å². The molecule has 1 unspecified atom stereocenters. The van der Waals surface area contributed by atoms with Crippen LogP contribution in [0.15, 0.2) is 18.2 Å². The number of amides is 1. The second kappa shape index (κ2) is 6.66. The summed E-state index contributed by atoms with van der Waals surface area (Å²) in [4.78, 5) is 26.5. The van der Waals surface area contributed by atoms with Gasteiger partial charge in [-0.1, -0.05) is 0 Å². The van der Waals surface area contributed by atoms with Crippen LogP contribution in [-0.4, -0.2) is 48.2 Å². The van der Waals surface area contributed by atoms with Crippen molar-refractivity contribution in [2.24, 2.45) is 0 Å². The first-order chi connectivity index (χ1) is 10.7. The number of carbonyl (C=O) groups excluding carboxylic acids is 2. The normalized spacial score (nSPS) is 18.7. The van der Waals surface area contributed by atoms with Gasteiger partial charge in [0.15, 0.2) is 5.78 Å². The molecule has 0 N–H and O–H groups in total. The summed E-state index contributed by atoms with van der Waals surface area (Å²) in [7, 11) is 0. The van der Waals surface area contributed by atoms with Gasteiger partial charge in [0.1, 0.15) is 17.5 Å². The molecule has 0 aromatic heterocycles. The SMILES string of the molecule is Cc1cc(F)ccc1C(=O)C1COCCN1C(=O)OC(C)(C)C. The number of hydrogen-bond donors (Lipinski definition) is 0. The zero-order valence-corrected chi connectivity index (χ0v) is 13.9. The van der Waals surface area contributed by atoms with Crippen LogP contribution in [0.2, 0.25) is 0 Å². The van der Waals surface area contributed by atoms with Gasteiger partial charge in [0.25, 0.3) is 0 Å². The molecular weight excluding hydrogens is 301 g/mol. The minimum Gasteiger partial charge on any atom is -0.444 e. The van der Waals surface area contributed by atoms with E-state index in [2.05, 4.69) is 0 Å². The molecule has 0 saturated carbocycles. The van der Waals surface area contributed by atoms with Crippen LogP contribution in [-0.2, 0) is 9.47 Å². The summed E-state index contributed by atoms with van der Waals surface area (Å²) in [6.45, 7) is 7.72. The van der Waals surface area contributed by atoms with Gasteiger partial charge in [0.05, 0.1) is 13.2 Å². The molecule has 6 heteroatoms. The third-order valence-corrected chi connectivity index (χ3v) is 3.51. The molecule has 1 aromatic rings. The number of morpholine rings is 1. The first kappa shape index (κ1) is 17.4. The van der Waals surface area contributed by atoms with Gasteiger partial charge in [-0.3, -0.25) is 9.69 Å². The Hall–Kier alpha value is -1.95. The molecule has 126 valence electrons. The molecule has 1 saturated heterocycles. The van der Waals surface area contributed by atoms with Gasteiger partial charge in [0, 0.05) is 12.1 Å². The van der Waals surface area contributed by atoms with Crippen LogP contribution in [0.5, 0.6) is 0 Å². The standard InChI is InChI=1S/C17H22FNO4/c1-11-9-12(18)5-6-13(11)15(20)14-10-22-8-7-19(14)16(21)23-17(2,3)4/h5-6,9,14H,7-8,10H2,1-4H3. The number of benzene rings is 1. The van der Waals surface area contributed by atoms with E-state index in [1.165, 1.54) is 23.1 Å². The molecule has 2 rings (SSSR count). The number of Topliss-reactive ketones (excluding diaryl/α,β-unsaturated/α-hetero) is 1. The molecule has 0 aliphatic carbocycles. The quantitative estimate of drug-likeness (QED) is 0.785. The van der Waals surface area contributed by atoms with E-state index in [1.807, 2.05) is 0 Å². The Labute approximate surface area is 135 Å². The van der Waals surface area contributed by atoms with Gasteiger partial charge in [-0.2, -0.15) is 0 Å². The number of ether oxygens (including phenoxy) is 2. The molecule has 5 nitrogen and oxygen atoms in total. The summed E-state index contributed by atoms with van der Waals surface area (Å²) in [5.74, 6) is -0.670. The van der Waals surface area contributed by atoms with E-state index in [-0.39, 0.29) is 18.9 Å². The fraction of sp³-hybridized carbons (Fsp3) is 0.529. The molecule has 1 aliphatic rings. The lowest BCUT2D eigenvalue weighted by atomic mass is 9.98. The van der Waals surface area contributed by atoms with Crippen molar-refractivity contribution in [1.29, 1.82) is 0 Å². The maximum Gasteiger partial charge on any atom is 0.411 e. The highest BCUT2D eigenvalue weighted by atomic mass is 19.1. The summed E-state index contributed by atoms with van der Waals surface area (Å²) in [6, 6.07) is 3.22. The zero-order valence-electron chi connectivity index (χ0n) is 13.9. The molecule has 1 aromatic carbocycles. The first-order valence-corrected chi connectivity index (χ1v) is 7.57. The Morgan fingerprint density at radius 2 is 2.04 bits per heavy atom. The topological polar surface area (TPSA) is 55.8 Å². The zero-order chi connectivity index (χ0) is 17.2. The van der Waals surface area contributed by atoms with E-state index in [4.69, 9.17) is 9.47 Å². The van der Waals surface area contributed by atoms with E-state index in [0.717, 1.165) is 0 Å². The van der Waals surface area contributed by atoms with E-state index >= 15 is 0 Å². The van der Waals surface area contributed by atoms with Crippen molar-refractivity contribution in [3.63, 3.8) is 0 Å². The van der Waals surface area contributed by atoms with E-state index in [9.17, 15) is 14.0 Å². The second-order valence-corrected chi connectivity index (χ2v) is 6.59.